The molecule has 1 aromatic carbocycles. The third-order valence-electron chi connectivity index (χ3n) is 2.64. The number of thiophene rings is 1. The summed E-state index contributed by atoms with van der Waals surface area (Å²) in [6.45, 7) is 0. The highest BCUT2D eigenvalue weighted by Crippen LogP contribution is 2.16. The lowest BCUT2D eigenvalue weighted by atomic mass is 10.2. The van der Waals surface area contributed by atoms with E-state index in [0.29, 0.717) is 12.3 Å². The van der Waals surface area contributed by atoms with Gasteiger partial charge in [-0.3, -0.25) is 10.6 Å². The highest BCUT2D eigenvalue weighted by atomic mass is 32.1. The van der Waals surface area contributed by atoms with Gasteiger partial charge in [0.1, 0.15) is 0 Å². The van der Waals surface area contributed by atoms with Gasteiger partial charge in [0, 0.05) is 0 Å². The van der Waals surface area contributed by atoms with E-state index in [4.69, 9.17) is 4.42 Å². The average molecular weight is 300 g/mol. The molecule has 0 radical (unpaired) electrons. The molecule has 0 aliphatic heterocycles. The van der Waals surface area contributed by atoms with E-state index in [1.807, 2.05) is 41.8 Å². The molecule has 3 aromatic rings. The van der Waals surface area contributed by atoms with Crippen LogP contribution in [0.3, 0.4) is 0 Å². The Morgan fingerprint density at radius 1 is 1.10 bits per heavy atom. The van der Waals surface area contributed by atoms with Crippen LogP contribution >= 0.6 is 11.3 Å². The molecule has 0 spiro atoms. The maximum Gasteiger partial charge on any atom is 0.327 e. The second-order valence-electron chi connectivity index (χ2n) is 4.22. The SMILES string of the molecule is O=C(Nc1nnc(Cc2ccccc2)o1)Nc1cccs1. The van der Waals surface area contributed by atoms with Crippen molar-refractivity contribution < 1.29 is 9.21 Å². The molecular formula is C14H12N4O2S. The summed E-state index contributed by atoms with van der Waals surface area (Å²) in [7, 11) is 0. The fourth-order valence-corrected chi connectivity index (χ4v) is 2.35. The molecule has 0 aliphatic carbocycles. The zero-order valence-electron chi connectivity index (χ0n) is 10.9. The van der Waals surface area contributed by atoms with Crippen LogP contribution in [0.25, 0.3) is 0 Å². The first-order valence-corrected chi connectivity index (χ1v) is 7.15. The van der Waals surface area contributed by atoms with Crippen LogP contribution in [-0.2, 0) is 6.42 Å². The van der Waals surface area contributed by atoms with Gasteiger partial charge in [0.2, 0.25) is 5.89 Å². The first-order valence-electron chi connectivity index (χ1n) is 6.27. The molecule has 106 valence electrons. The Morgan fingerprint density at radius 3 is 2.71 bits per heavy atom. The monoisotopic (exact) mass is 300 g/mol. The number of rotatable bonds is 4. The lowest BCUT2D eigenvalue weighted by molar-refractivity contribution is 0.261. The van der Waals surface area contributed by atoms with E-state index in [1.54, 1.807) is 6.07 Å². The Bertz CT molecular complexity index is 710. The van der Waals surface area contributed by atoms with Gasteiger partial charge in [0.25, 0.3) is 0 Å². The maximum atomic E-state index is 11.7. The van der Waals surface area contributed by atoms with Crippen LogP contribution in [0.1, 0.15) is 11.5 Å². The Balaban J connectivity index is 1.59. The zero-order chi connectivity index (χ0) is 14.5. The van der Waals surface area contributed by atoms with Gasteiger partial charge in [-0.25, -0.2) is 4.79 Å². The quantitative estimate of drug-likeness (QED) is 0.774. The number of carbonyl (C=O) groups excluding carboxylic acids is 1. The van der Waals surface area contributed by atoms with Gasteiger partial charge in [0.05, 0.1) is 11.4 Å². The van der Waals surface area contributed by atoms with Crippen LogP contribution < -0.4 is 10.6 Å². The van der Waals surface area contributed by atoms with E-state index in [0.717, 1.165) is 10.6 Å². The lowest BCUT2D eigenvalue weighted by Crippen LogP contribution is -2.18. The Morgan fingerprint density at radius 2 is 1.95 bits per heavy atom. The summed E-state index contributed by atoms with van der Waals surface area (Å²) in [5, 5.41) is 15.5. The van der Waals surface area contributed by atoms with E-state index in [2.05, 4.69) is 20.8 Å². The Labute approximate surface area is 124 Å². The van der Waals surface area contributed by atoms with E-state index in [9.17, 15) is 4.79 Å². The van der Waals surface area contributed by atoms with Gasteiger partial charge in [-0.05, 0) is 23.1 Å². The minimum atomic E-state index is -0.410. The van der Waals surface area contributed by atoms with Gasteiger partial charge in [-0.1, -0.05) is 35.4 Å². The molecule has 0 atom stereocenters. The molecule has 0 aliphatic rings. The van der Waals surface area contributed by atoms with Crippen LogP contribution in [0.5, 0.6) is 0 Å². The highest BCUT2D eigenvalue weighted by molar-refractivity contribution is 7.14. The minimum Gasteiger partial charge on any atom is -0.407 e. The number of aromatic nitrogens is 2. The number of anilines is 2. The van der Waals surface area contributed by atoms with Gasteiger partial charge in [-0.2, -0.15) is 0 Å². The van der Waals surface area contributed by atoms with Crippen molar-refractivity contribution in [3.05, 3.63) is 59.3 Å². The van der Waals surface area contributed by atoms with Crippen molar-refractivity contribution in [2.45, 2.75) is 6.42 Å². The Kier molecular flexibility index (Phi) is 3.92. The highest BCUT2D eigenvalue weighted by Gasteiger charge is 2.10. The van der Waals surface area contributed by atoms with Crippen molar-refractivity contribution in [3.63, 3.8) is 0 Å². The number of urea groups is 1. The van der Waals surface area contributed by atoms with Gasteiger partial charge in [-0.15, -0.1) is 16.4 Å². The first kappa shape index (κ1) is 13.3. The summed E-state index contributed by atoms with van der Waals surface area (Å²) in [4.78, 5) is 11.7. The molecule has 0 saturated carbocycles. The van der Waals surface area contributed by atoms with E-state index < -0.39 is 6.03 Å². The molecule has 0 bridgehead atoms. The van der Waals surface area contributed by atoms with Gasteiger partial charge < -0.3 is 4.42 Å². The van der Waals surface area contributed by atoms with Crippen molar-refractivity contribution in [1.29, 1.82) is 0 Å². The number of benzene rings is 1. The zero-order valence-corrected chi connectivity index (χ0v) is 11.8. The van der Waals surface area contributed by atoms with Gasteiger partial charge >= 0.3 is 12.0 Å². The number of amides is 2. The van der Waals surface area contributed by atoms with Crippen molar-refractivity contribution in [2.24, 2.45) is 0 Å². The Hall–Kier alpha value is -2.67. The van der Waals surface area contributed by atoms with Crippen molar-refractivity contribution >= 4 is 28.4 Å². The van der Waals surface area contributed by atoms with Crippen LogP contribution in [0, 0.1) is 0 Å². The largest absolute Gasteiger partial charge is 0.407 e. The lowest BCUT2D eigenvalue weighted by Gasteiger charge is -2.00. The summed E-state index contributed by atoms with van der Waals surface area (Å²) < 4.78 is 5.39. The molecule has 2 heterocycles. The summed E-state index contributed by atoms with van der Waals surface area (Å²) in [5.74, 6) is 0.452. The second kappa shape index (κ2) is 6.19. The number of carbonyl (C=O) groups is 1. The molecule has 7 heteroatoms. The standard InChI is InChI=1S/C14H12N4O2S/c19-13(15-12-7-4-8-21-12)16-14-18-17-11(20-14)9-10-5-2-1-3-6-10/h1-8H,9H2,(H2,15,16,18,19). The molecule has 2 aromatic heterocycles. The number of nitrogens with zero attached hydrogens (tertiary/aromatic N) is 2. The fraction of sp³-hybridized carbons (Fsp3) is 0.0714. The average Bonchev–Trinajstić information content (AvgIpc) is 3.12. The molecule has 3 rings (SSSR count). The molecule has 0 unspecified atom stereocenters. The van der Waals surface area contributed by atoms with Crippen LogP contribution in [0.4, 0.5) is 15.8 Å². The molecule has 2 amide bonds. The molecule has 2 N–H and O–H groups in total. The van der Waals surface area contributed by atoms with Crippen molar-refractivity contribution in [1.82, 2.24) is 10.2 Å². The van der Waals surface area contributed by atoms with Crippen molar-refractivity contribution in [3.8, 4) is 0 Å². The van der Waals surface area contributed by atoms with Crippen LogP contribution in [-0.4, -0.2) is 16.2 Å². The summed E-state index contributed by atoms with van der Waals surface area (Å²) in [5.41, 5.74) is 1.07. The topological polar surface area (TPSA) is 80.1 Å². The minimum absolute atomic E-state index is 0.0787. The van der Waals surface area contributed by atoms with E-state index in [1.165, 1.54) is 11.3 Å². The normalized spacial score (nSPS) is 10.3. The predicted molar refractivity (Wildman–Crippen MR) is 80.5 cm³/mol. The van der Waals surface area contributed by atoms with Crippen LogP contribution in [0.15, 0.2) is 52.3 Å². The van der Waals surface area contributed by atoms with Gasteiger partial charge in [0.15, 0.2) is 0 Å². The number of hydrogen-bond acceptors (Lipinski definition) is 5. The molecule has 0 saturated heterocycles. The fourth-order valence-electron chi connectivity index (χ4n) is 1.74. The molecule has 6 nitrogen and oxygen atoms in total. The molecule has 0 fully saturated rings. The summed E-state index contributed by atoms with van der Waals surface area (Å²) >= 11 is 1.43. The maximum absolute atomic E-state index is 11.7. The second-order valence-corrected chi connectivity index (χ2v) is 5.17. The molecular weight excluding hydrogens is 288 g/mol. The third kappa shape index (κ3) is 3.67. The van der Waals surface area contributed by atoms with E-state index >= 15 is 0 Å². The summed E-state index contributed by atoms with van der Waals surface area (Å²) in [6, 6.07) is 13.1. The molecule has 21 heavy (non-hydrogen) atoms. The third-order valence-corrected chi connectivity index (χ3v) is 3.43. The number of hydrogen-bond donors (Lipinski definition) is 2. The first-order chi connectivity index (χ1) is 10.3. The smallest absolute Gasteiger partial charge is 0.327 e. The predicted octanol–water partition coefficient (Wildman–Crippen LogP) is 3.37. The van der Waals surface area contributed by atoms with Crippen LogP contribution in [0.2, 0.25) is 0 Å². The van der Waals surface area contributed by atoms with E-state index in [-0.39, 0.29) is 6.01 Å². The summed E-state index contributed by atoms with van der Waals surface area (Å²) in [6.07, 6.45) is 0.530. The van der Waals surface area contributed by atoms with Crippen molar-refractivity contribution in [2.75, 3.05) is 10.6 Å². The number of nitrogens with one attached hydrogen (secondary N) is 2.